The second-order valence-electron chi connectivity index (χ2n) is 4.32. The van der Waals surface area contributed by atoms with Gasteiger partial charge in [-0.15, -0.1) is 10.2 Å². The summed E-state index contributed by atoms with van der Waals surface area (Å²) in [5.41, 5.74) is 0. The fourth-order valence-corrected chi connectivity index (χ4v) is 1.62. The minimum Gasteiger partial charge on any atom is -0.312 e. The molecular formula is C11H22N4. The van der Waals surface area contributed by atoms with E-state index >= 15 is 0 Å². The Labute approximate surface area is 92.1 Å². The first-order valence-electron chi connectivity index (χ1n) is 5.70. The molecule has 86 valence electrons. The predicted molar refractivity (Wildman–Crippen MR) is 61.7 cm³/mol. The van der Waals surface area contributed by atoms with Gasteiger partial charge in [-0.2, -0.15) is 0 Å². The van der Waals surface area contributed by atoms with Crippen LogP contribution in [0.3, 0.4) is 0 Å². The largest absolute Gasteiger partial charge is 0.312 e. The normalized spacial score (nSPS) is 13.5. The number of aromatic nitrogens is 3. The molecule has 1 atom stereocenters. The fraction of sp³-hybridized carbons (Fsp3) is 0.818. The Hall–Kier alpha value is -0.900. The standard InChI is InChI=1S/C11H22N4/c1-6-9(4)12-7-11-14-13-10(5)15(11)8(2)3/h8-9,12H,6-7H2,1-5H3. The van der Waals surface area contributed by atoms with Gasteiger partial charge in [0.15, 0.2) is 0 Å². The molecule has 1 aromatic rings. The summed E-state index contributed by atoms with van der Waals surface area (Å²) in [6, 6.07) is 0.955. The van der Waals surface area contributed by atoms with E-state index in [9.17, 15) is 0 Å². The molecule has 0 radical (unpaired) electrons. The smallest absolute Gasteiger partial charge is 0.147 e. The van der Waals surface area contributed by atoms with Gasteiger partial charge in [0, 0.05) is 12.1 Å². The monoisotopic (exact) mass is 210 g/mol. The Morgan fingerprint density at radius 2 is 1.93 bits per heavy atom. The van der Waals surface area contributed by atoms with Crippen LogP contribution in [-0.4, -0.2) is 20.8 Å². The van der Waals surface area contributed by atoms with Crippen LogP contribution in [0, 0.1) is 6.92 Å². The molecule has 0 aliphatic rings. The van der Waals surface area contributed by atoms with Crippen molar-refractivity contribution >= 4 is 0 Å². The summed E-state index contributed by atoms with van der Waals surface area (Å²) in [5, 5.41) is 11.7. The molecule has 0 aliphatic carbocycles. The lowest BCUT2D eigenvalue weighted by atomic mass is 10.2. The molecule has 1 N–H and O–H groups in total. The van der Waals surface area contributed by atoms with Gasteiger partial charge in [-0.05, 0) is 34.1 Å². The van der Waals surface area contributed by atoms with Crippen molar-refractivity contribution in [3.8, 4) is 0 Å². The summed E-state index contributed by atoms with van der Waals surface area (Å²) in [6.07, 6.45) is 1.13. The van der Waals surface area contributed by atoms with Crippen LogP contribution in [-0.2, 0) is 6.54 Å². The van der Waals surface area contributed by atoms with Gasteiger partial charge in [0.1, 0.15) is 11.6 Å². The van der Waals surface area contributed by atoms with Crippen molar-refractivity contribution in [3.63, 3.8) is 0 Å². The first-order chi connectivity index (χ1) is 7.06. The third-order valence-electron chi connectivity index (χ3n) is 2.67. The Morgan fingerprint density at radius 3 is 2.47 bits per heavy atom. The van der Waals surface area contributed by atoms with Gasteiger partial charge in [0.2, 0.25) is 0 Å². The van der Waals surface area contributed by atoms with Crippen LogP contribution in [0.5, 0.6) is 0 Å². The lowest BCUT2D eigenvalue weighted by molar-refractivity contribution is 0.487. The molecule has 4 nitrogen and oxygen atoms in total. The summed E-state index contributed by atoms with van der Waals surface area (Å²) in [4.78, 5) is 0. The first-order valence-corrected chi connectivity index (χ1v) is 5.70. The molecule has 15 heavy (non-hydrogen) atoms. The van der Waals surface area contributed by atoms with E-state index in [2.05, 4.69) is 47.8 Å². The minimum absolute atomic E-state index is 0.425. The Balaban J connectivity index is 2.68. The van der Waals surface area contributed by atoms with Gasteiger partial charge in [0.25, 0.3) is 0 Å². The molecule has 0 spiro atoms. The zero-order valence-corrected chi connectivity index (χ0v) is 10.4. The Morgan fingerprint density at radius 1 is 1.27 bits per heavy atom. The molecule has 0 aliphatic heterocycles. The quantitative estimate of drug-likeness (QED) is 0.809. The molecule has 4 heteroatoms. The molecule has 0 saturated heterocycles. The van der Waals surface area contributed by atoms with Crippen molar-refractivity contribution in [2.75, 3.05) is 0 Å². The molecule has 1 aromatic heterocycles. The van der Waals surface area contributed by atoms with Crippen molar-refractivity contribution in [1.29, 1.82) is 0 Å². The third-order valence-corrected chi connectivity index (χ3v) is 2.67. The van der Waals surface area contributed by atoms with Gasteiger partial charge in [-0.1, -0.05) is 6.92 Å². The van der Waals surface area contributed by atoms with Crippen molar-refractivity contribution in [1.82, 2.24) is 20.1 Å². The number of nitrogens with zero attached hydrogens (tertiary/aromatic N) is 3. The van der Waals surface area contributed by atoms with Crippen LogP contribution >= 0.6 is 0 Å². The van der Waals surface area contributed by atoms with Gasteiger partial charge < -0.3 is 9.88 Å². The number of hydrogen-bond donors (Lipinski definition) is 1. The molecule has 0 aromatic carbocycles. The van der Waals surface area contributed by atoms with E-state index in [0.29, 0.717) is 12.1 Å². The SMILES string of the molecule is CCC(C)NCc1nnc(C)n1C(C)C. The second-order valence-corrected chi connectivity index (χ2v) is 4.32. The maximum Gasteiger partial charge on any atom is 0.147 e. The summed E-state index contributed by atoms with van der Waals surface area (Å²) >= 11 is 0. The van der Waals surface area contributed by atoms with Crippen LogP contribution in [0.15, 0.2) is 0 Å². The van der Waals surface area contributed by atoms with Gasteiger partial charge in [-0.3, -0.25) is 0 Å². The number of nitrogens with one attached hydrogen (secondary N) is 1. The van der Waals surface area contributed by atoms with Crippen molar-refractivity contribution in [2.45, 2.75) is 59.7 Å². The van der Waals surface area contributed by atoms with Crippen molar-refractivity contribution in [3.05, 3.63) is 11.6 Å². The predicted octanol–water partition coefficient (Wildman–Crippen LogP) is 2.06. The molecular weight excluding hydrogens is 188 g/mol. The lowest BCUT2D eigenvalue weighted by Crippen LogP contribution is -2.26. The molecule has 0 fully saturated rings. The average Bonchev–Trinajstić information content (AvgIpc) is 2.56. The van der Waals surface area contributed by atoms with Crippen LogP contribution in [0.2, 0.25) is 0 Å². The highest BCUT2D eigenvalue weighted by Crippen LogP contribution is 2.10. The third kappa shape index (κ3) is 3.02. The van der Waals surface area contributed by atoms with Crippen molar-refractivity contribution < 1.29 is 0 Å². The summed E-state index contributed by atoms with van der Waals surface area (Å²) in [5.74, 6) is 2.02. The lowest BCUT2D eigenvalue weighted by Gasteiger charge is -2.15. The molecule has 1 heterocycles. The number of hydrogen-bond acceptors (Lipinski definition) is 3. The average molecular weight is 210 g/mol. The summed E-state index contributed by atoms with van der Waals surface area (Å²) in [6.45, 7) is 11.5. The van der Waals surface area contributed by atoms with Crippen molar-refractivity contribution in [2.24, 2.45) is 0 Å². The topological polar surface area (TPSA) is 42.7 Å². The molecule has 0 amide bonds. The van der Waals surface area contributed by atoms with E-state index in [1.54, 1.807) is 0 Å². The van der Waals surface area contributed by atoms with E-state index in [0.717, 1.165) is 24.6 Å². The zero-order chi connectivity index (χ0) is 11.4. The number of aryl methyl sites for hydroxylation is 1. The van der Waals surface area contributed by atoms with Gasteiger partial charge in [-0.25, -0.2) is 0 Å². The van der Waals surface area contributed by atoms with Gasteiger partial charge >= 0.3 is 0 Å². The van der Waals surface area contributed by atoms with E-state index in [1.165, 1.54) is 0 Å². The van der Waals surface area contributed by atoms with E-state index < -0.39 is 0 Å². The molecule has 0 saturated carbocycles. The van der Waals surface area contributed by atoms with Crippen LogP contribution < -0.4 is 5.32 Å². The molecule has 1 rings (SSSR count). The Kier molecular flexibility index (Phi) is 4.27. The van der Waals surface area contributed by atoms with Gasteiger partial charge in [0.05, 0.1) is 6.54 Å². The van der Waals surface area contributed by atoms with E-state index in [4.69, 9.17) is 0 Å². The number of rotatable bonds is 5. The maximum atomic E-state index is 4.19. The van der Waals surface area contributed by atoms with Crippen LogP contribution in [0.25, 0.3) is 0 Å². The van der Waals surface area contributed by atoms with E-state index in [1.807, 2.05) is 6.92 Å². The van der Waals surface area contributed by atoms with Crippen LogP contribution in [0.4, 0.5) is 0 Å². The highest BCUT2D eigenvalue weighted by molar-refractivity contribution is 4.96. The van der Waals surface area contributed by atoms with Crippen LogP contribution in [0.1, 0.15) is 51.8 Å². The maximum absolute atomic E-state index is 4.19. The zero-order valence-electron chi connectivity index (χ0n) is 10.4. The minimum atomic E-state index is 0.425. The highest BCUT2D eigenvalue weighted by atomic mass is 15.3. The molecule has 0 bridgehead atoms. The highest BCUT2D eigenvalue weighted by Gasteiger charge is 2.11. The Bertz CT molecular complexity index is 304. The summed E-state index contributed by atoms with van der Waals surface area (Å²) < 4.78 is 2.18. The second kappa shape index (κ2) is 5.26. The first kappa shape index (κ1) is 12.2. The summed E-state index contributed by atoms with van der Waals surface area (Å²) in [7, 11) is 0. The fourth-order valence-electron chi connectivity index (χ4n) is 1.62. The van der Waals surface area contributed by atoms with E-state index in [-0.39, 0.29) is 0 Å². The molecule has 1 unspecified atom stereocenters.